The van der Waals surface area contributed by atoms with Crippen molar-refractivity contribution in [3.8, 4) is 6.07 Å². The maximum absolute atomic E-state index is 11.9. The lowest BCUT2D eigenvalue weighted by atomic mass is 9.92. The van der Waals surface area contributed by atoms with Gasteiger partial charge in [-0.1, -0.05) is 13.8 Å². The van der Waals surface area contributed by atoms with E-state index >= 15 is 0 Å². The average molecular weight is 220 g/mol. The fourth-order valence-electron chi connectivity index (χ4n) is 1.91. The molecule has 1 aliphatic rings. The summed E-state index contributed by atoms with van der Waals surface area (Å²) in [7, 11) is 0. The average Bonchev–Trinajstić information content (AvgIpc) is 2.49. The lowest BCUT2D eigenvalue weighted by molar-refractivity contribution is -0.143. The molecule has 4 nitrogen and oxygen atoms in total. The summed E-state index contributed by atoms with van der Waals surface area (Å²) in [6.07, 6.45) is 0.913. The molecule has 0 aromatic rings. The van der Waals surface area contributed by atoms with E-state index in [-0.39, 0.29) is 11.8 Å². The summed E-state index contributed by atoms with van der Waals surface area (Å²) in [6, 6.07) is 2.12. The molecular weight excluding hydrogens is 204 g/mol. The van der Waals surface area contributed by atoms with Crippen LogP contribution in [0.3, 0.4) is 0 Å². The Kier molecular flexibility index (Phi) is 3.18. The molecule has 0 unspecified atom stereocenters. The highest BCUT2D eigenvalue weighted by molar-refractivity contribution is 6.19. The smallest absolute Gasteiger partial charge is 0.258 e. The fourth-order valence-corrected chi connectivity index (χ4v) is 1.91. The van der Waals surface area contributed by atoms with Gasteiger partial charge in [0.1, 0.15) is 5.54 Å². The van der Waals surface area contributed by atoms with Crippen molar-refractivity contribution < 1.29 is 9.59 Å². The molecule has 0 N–H and O–H groups in total. The summed E-state index contributed by atoms with van der Waals surface area (Å²) < 4.78 is 0. The summed E-state index contributed by atoms with van der Waals surface area (Å²) in [5, 5.41) is 9.23. The van der Waals surface area contributed by atoms with E-state index in [4.69, 9.17) is 0 Å². The molecule has 0 aliphatic carbocycles. The summed E-state index contributed by atoms with van der Waals surface area (Å²) in [4.78, 5) is 25.0. The molecule has 0 aromatic carbocycles. The van der Waals surface area contributed by atoms with Gasteiger partial charge < -0.3 is 0 Å². The largest absolute Gasteiger partial charge is 0.269 e. The van der Waals surface area contributed by atoms with Gasteiger partial charge in [0.2, 0.25) is 0 Å². The van der Waals surface area contributed by atoms with Crippen LogP contribution in [0.1, 0.15) is 40.5 Å². The highest BCUT2D eigenvalue weighted by Crippen LogP contribution is 2.31. The predicted octanol–water partition coefficient (Wildman–Crippen LogP) is 1.77. The first-order valence-electron chi connectivity index (χ1n) is 5.42. The van der Waals surface area contributed by atoms with Crippen LogP contribution in [0.2, 0.25) is 0 Å². The summed E-state index contributed by atoms with van der Waals surface area (Å²) in [6.45, 7) is 6.89. The molecular formula is C12H16N2O2. The van der Waals surface area contributed by atoms with Gasteiger partial charge in [-0.3, -0.25) is 14.5 Å². The van der Waals surface area contributed by atoms with Crippen molar-refractivity contribution in [3.05, 3.63) is 11.1 Å². The lowest BCUT2D eigenvalue weighted by Gasteiger charge is -2.33. The maximum atomic E-state index is 11.9. The van der Waals surface area contributed by atoms with Gasteiger partial charge in [-0.15, -0.1) is 0 Å². The number of nitrogens with zero attached hydrogens (tertiary/aromatic N) is 2. The molecule has 0 spiro atoms. The van der Waals surface area contributed by atoms with Gasteiger partial charge in [0.15, 0.2) is 0 Å². The molecule has 16 heavy (non-hydrogen) atoms. The van der Waals surface area contributed by atoms with E-state index in [0.29, 0.717) is 24.0 Å². The predicted molar refractivity (Wildman–Crippen MR) is 59.2 cm³/mol. The highest BCUT2D eigenvalue weighted by atomic mass is 16.2. The van der Waals surface area contributed by atoms with Crippen molar-refractivity contribution in [1.82, 2.24) is 4.90 Å². The zero-order valence-electron chi connectivity index (χ0n) is 10.1. The number of nitriles is 1. The number of imide groups is 1. The van der Waals surface area contributed by atoms with Crippen LogP contribution in [0.5, 0.6) is 0 Å². The molecule has 1 aliphatic heterocycles. The number of carbonyl (C=O) groups excluding carboxylic acids is 2. The number of hydrogen-bond donors (Lipinski definition) is 0. The Morgan fingerprint density at radius 2 is 1.50 bits per heavy atom. The number of carbonyl (C=O) groups is 2. The minimum atomic E-state index is -0.993. The third-order valence-electron chi connectivity index (χ3n) is 3.42. The van der Waals surface area contributed by atoms with Crippen LogP contribution in [-0.4, -0.2) is 22.3 Å². The molecule has 86 valence electrons. The molecule has 0 atom stereocenters. The van der Waals surface area contributed by atoms with E-state index < -0.39 is 5.54 Å². The van der Waals surface area contributed by atoms with Crippen LogP contribution < -0.4 is 0 Å². The molecule has 0 radical (unpaired) electrons. The molecule has 1 rings (SSSR count). The van der Waals surface area contributed by atoms with E-state index in [0.717, 1.165) is 4.90 Å². The maximum Gasteiger partial charge on any atom is 0.258 e. The highest BCUT2D eigenvalue weighted by Gasteiger charge is 2.46. The van der Waals surface area contributed by atoms with E-state index in [1.54, 1.807) is 13.8 Å². The van der Waals surface area contributed by atoms with Gasteiger partial charge in [-0.25, -0.2) is 0 Å². The van der Waals surface area contributed by atoms with Gasteiger partial charge >= 0.3 is 0 Å². The van der Waals surface area contributed by atoms with E-state index in [2.05, 4.69) is 6.07 Å². The first-order valence-corrected chi connectivity index (χ1v) is 5.42. The third-order valence-corrected chi connectivity index (χ3v) is 3.42. The number of amides is 2. The van der Waals surface area contributed by atoms with Crippen molar-refractivity contribution in [2.45, 2.75) is 46.1 Å². The zero-order valence-corrected chi connectivity index (χ0v) is 10.1. The van der Waals surface area contributed by atoms with Crippen LogP contribution in [-0.2, 0) is 9.59 Å². The first kappa shape index (κ1) is 12.4. The number of hydrogen-bond acceptors (Lipinski definition) is 3. The van der Waals surface area contributed by atoms with Gasteiger partial charge in [0, 0.05) is 11.1 Å². The molecule has 0 saturated heterocycles. The second kappa shape index (κ2) is 4.09. The minimum absolute atomic E-state index is 0.326. The summed E-state index contributed by atoms with van der Waals surface area (Å²) in [5.74, 6) is -0.652. The van der Waals surface area contributed by atoms with Crippen LogP contribution in [0.15, 0.2) is 11.1 Å². The zero-order chi connectivity index (χ0) is 12.5. The number of rotatable bonds is 3. The Morgan fingerprint density at radius 1 is 1.12 bits per heavy atom. The lowest BCUT2D eigenvalue weighted by Crippen LogP contribution is -2.51. The normalized spacial score (nSPS) is 17.1. The van der Waals surface area contributed by atoms with E-state index in [1.807, 2.05) is 13.8 Å². The Balaban J connectivity index is 3.24. The molecule has 0 aromatic heterocycles. The summed E-state index contributed by atoms with van der Waals surface area (Å²) in [5.41, 5.74) is -0.0919. The Bertz CT molecular complexity index is 387. The van der Waals surface area contributed by atoms with Crippen molar-refractivity contribution in [2.75, 3.05) is 0 Å². The monoisotopic (exact) mass is 220 g/mol. The SMILES string of the molecule is CCC(C#N)(CC)N1C(=O)C(C)=C(C)C1=O. The van der Waals surface area contributed by atoms with Crippen molar-refractivity contribution >= 4 is 11.8 Å². The fraction of sp³-hybridized carbons (Fsp3) is 0.583. The van der Waals surface area contributed by atoms with Crippen LogP contribution in [0.25, 0.3) is 0 Å². The van der Waals surface area contributed by atoms with Crippen LogP contribution in [0, 0.1) is 11.3 Å². The Morgan fingerprint density at radius 3 is 1.75 bits per heavy atom. The van der Waals surface area contributed by atoms with Gasteiger partial charge in [0.05, 0.1) is 6.07 Å². The van der Waals surface area contributed by atoms with Gasteiger partial charge in [0.25, 0.3) is 11.8 Å². The standard InChI is InChI=1S/C12H16N2O2/c1-5-12(6-2,7-13)14-10(15)8(3)9(4)11(14)16/h5-6H2,1-4H3. The third kappa shape index (κ3) is 1.44. The van der Waals surface area contributed by atoms with Crippen molar-refractivity contribution in [3.63, 3.8) is 0 Å². The quantitative estimate of drug-likeness (QED) is 0.681. The topological polar surface area (TPSA) is 61.2 Å². The van der Waals surface area contributed by atoms with Crippen molar-refractivity contribution in [1.29, 1.82) is 5.26 Å². The van der Waals surface area contributed by atoms with Crippen LogP contribution in [0.4, 0.5) is 0 Å². The second-order valence-electron chi connectivity index (χ2n) is 4.05. The molecule has 0 saturated carbocycles. The molecule has 0 bridgehead atoms. The Hall–Kier alpha value is -1.63. The molecule has 2 amide bonds. The van der Waals surface area contributed by atoms with Gasteiger partial charge in [-0.2, -0.15) is 5.26 Å². The van der Waals surface area contributed by atoms with Gasteiger partial charge in [-0.05, 0) is 26.7 Å². The van der Waals surface area contributed by atoms with E-state index in [1.165, 1.54) is 0 Å². The molecule has 4 heteroatoms. The Labute approximate surface area is 95.5 Å². The summed E-state index contributed by atoms with van der Waals surface area (Å²) >= 11 is 0. The van der Waals surface area contributed by atoms with Crippen molar-refractivity contribution in [2.24, 2.45) is 0 Å². The molecule has 1 heterocycles. The van der Waals surface area contributed by atoms with E-state index in [9.17, 15) is 14.9 Å². The second-order valence-corrected chi connectivity index (χ2v) is 4.05. The molecule has 0 fully saturated rings. The first-order chi connectivity index (χ1) is 7.45. The van der Waals surface area contributed by atoms with Crippen LogP contribution >= 0.6 is 0 Å². The minimum Gasteiger partial charge on any atom is -0.269 e.